The highest BCUT2D eigenvalue weighted by molar-refractivity contribution is 6.11. The van der Waals surface area contributed by atoms with Crippen molar-refractivity contribution in [2.24, 2.45) is 5.92 Å². The van der Waals surface area contributed by atoms with Crippen LogP contribution in [-0.4, -0.2) is 37.6 Å². The third-order valence-corrected chi connectivity index (χ3v) is 6.75. The summed E-state index contributed by atoms with van der Waals surface area (Å²) in [6.45, 7) is 11.3. The molecule has 3 aromatic rings. The Morgan fingerprint density at radius 1 is 1.21 bits per heavy atom. The van der Waals surface area contributed by atoms with Gasteiger partial charge < -0.3 is 9.88 Å². The highest BCUT2D eigenvalue weighted by Gasteiger charge is 2.42. The van der Waals surface area contributed by atoms with Crippen molar-refractivity contribution in [1.29, 1.82) is 0 Å². The molecule has 2 amide bonds. The predicted octanol–water partition coefficient (Wildman–Crippen LogP) is 4.67. The van der Waals surface area contributed by atoms with Crippen molar-refractivity contribution in [3.63, 3.8) is 0 Å². The van der Waals surface area contributed by atoms with Crippen LogP contribution in [0.15, 0.2) is 47.9 Å². The standard InChI is InChI=1S/C26H31N5O2/c1-15(2)10-12-29-13-18-23-19(7-6-8-21(23)29)28-20-14-30(17(5)32)26(33)25(20)24(18)22-9-11-27-31(22)16(3)4/h6-9,11,13,15-16,24,28H,10,12,14H2,1-5H3/t24-/m1/s1. The van der Waals surface area contributed by atoms with Crippen molar-refractivity contribution in [2.45, 2.75) is 59.5 Å². The van der Waals surface area contributed by atoms with E-state index < -0.39 is 0 Å². The Kier molecular flexibility index (Phi) is 5.15. The van der Waals surface area contributed by atoms with E-state index in [4.69, 9.17) is 0 Å². The minimum absolute atomic E-state index is 0.143. The molecule has 1 atom stereocenters. The van der Waals surface area contributed by atoms with Gasteiger partial charge in [0.15, 0.2) is 0 Å². The number of nitrogens with one attached hydrogen (secondary N) is 1. The number of amides is 2. The number of nitrogens with zero attached hydrogens (tertiary/aromatic N) is 4. The lowest BCUT2D eigenvalue weighted by atomic mass is 9.87. The molecule has 33 heavy (non-hydrogen) atoms. The molecule has 0 radical (unpaired) electrons. The third-order valence-electron chi connectivity index (χ3n) is 6.75. The normalized spacial score (nSPS) is 17.8. The van der Waals surface area contributed by atoms with Crippen molar-refractivity contribution in [2.75, 3.05) is 11.9 Å². The first kappa shape index (κ1) is 21.5. The van der Waals surface area contributed by atoms with Gasteiger partial charge in [-0.3, -0.25) is 19.2 Å². The number of aromatic nitrogens is 3. The number of benzene rings is 1. The molecule has 0 unspecified atom stereocenters. The quantitative estimate of drug-likeness (QED) is 0.620. The highest BCUT2D eigenvalue weighted by Crippen LogP contribution is 2.46. The molecule has 7 nitrogen and oxygen atoms in total. The van der Waals surface area contributed by atoms with Gasteiger partial charge in [0.05, 0.1) is 29.2 Å². The fraction of sp³-hybridized carbons (Fsp3) is 0.423. The first-order valence-electron chi connectivity index (χ1n) is 11.8. The Morgan fingerprint density at radius 3 is 2.70 bits per heavy atom. The molecule has 2 aliphatic heterocycles. The summed E-state index contributed by atoms with van der Waals surface area (Å²) in [6, 6.07) is 8.42. The number of carbonyl (C=O) groups is 2. The SMILES string of the molecule is CC(=O)N1CC2=C(C1=O)[C@@H](c1ccnn1C(C)C)c1cn(CCC(C)C)c3cccc(c13)N2. The van der Waals surface area contributed by atoms with Gasteiger partial charge in [0.1, 0.15) is 0 Å². The Labute approximate surface area is 194 Å². The van der Waals surface area contributed by atoms with Gasteiger partial charge in [0.2, 0.25) is 5.91 Å². The molecule has 5 rings (SSSR count). The van der Waals surface area contributed by atoms with Crippen LogP contribution >= 0.6 is 0 Å². The fourth-order valence-corrected chi connectivity index (χ4v) is 5.15. The van der Waals surface area contributed by atoms with Crippen molar-refractivity contribution in [3.05, 3.63) is 59.2 Å². The summed E-state index contributed by atoms with van der Waals surface area (Å²) in [5, 5.41) is 9.26. The number of aryl methyl sites for hydroxylation is 1. The lowest BCUT2D eigenvalue weighted by molar-refractivity contribution is -0.139. The van der Waals surface area contributed by atoms with E-state index in [-0.39, 0.29) is 30.3 Å². The molecule has 0 saturated heterocycles. The fourth-order valence-electron chi connectivity index (χ4n) is 5.15. The maximum atomic E-state index is 13.6. The molecule has 0 aliphatic carbocycles. The Hall–Kier alpha value is -3.35. The van der Waals surface area contributed by atoms with Crippen molar-refractivity contribution in [3.8, 4) is 0 Å². The van der Waals surface area contributed by atoms with Gasteiger partial charge in [-0.05, 0) is 49.9 Å². The molecule has 172 valence electrons. The number of hydrogen-bond acceptors (Lipinski definition) is 4. The molecule has 0 fully saturated rings. The van der Waals surface area contributed by atoms with Gasteiger partial charge in [-0.15, -0.1) is 0 Å². The van der Waals surface area contributed by atoms with Gasteiger partial charge in [-0.1, -0.05) is 19.9 Å². The molecule has 0 bridgehead atoms. The number of rotatable bonds is 5. The second-order valence-corrected chi connectivity index (χ2v) is 9.82. The third kappa shape index (κ3) is 3.37. The highest BCUT2D eigenvalue weighted by atomic mass is 16.2. The average molecular weight is 446 g/mol. The van der Waals surface area contributed by atoms with E-state index in [0.29, 0.717) is 11.5 Å². The smallest absolute Gasteiger partial charge is 0.259 e. The molecule has 0 spiro atoms. The van der Waals surface area contributed by atoms with E-state index in [9.17, 15) is 9.59 Å². The van der Waals surface area contributed by atoms with Crippen LogP contribution in [0.1, 0.15) is 64.3 Å². The topological polar surface area (TPSA) is 72.2 Å². The first-order chi connectivity index (χ1) is 15.8. The molecule has 2 aliphatic rings. The second-order valence-electron chi connectivity index (χ2n) is 9.82. The molecule has 1 N–H and O–H groups in total. The van der Waals surface area contributed by atoms with Crippen molar-refractivity contribution >= 4 is 28.4 Å². The van der Waals surface area contributed by atoms with E-state index in [1.54, 1.807) is 6.20 Å². The number of carbonyl (C=O) groups excluding carboxylic acids is 2. The average Bonchev–Trinajstić information content (AvgIpc) is 3.43. The van der Waals surface area contributed by atoms with E-state index in [1.165, 1.54) is 11.8 Å². The first-order valence-corrected chi connectivity index (χ1v) is 11.8. The number of anilines is 1. The monoisotopic (exact) mass is 445 g/mol. The summed E-state index contributed by atoms with van der Waals surface area (Å²) in [5.74, 6) is -0.171. The molecule has 4 heterocycles. The molecule has 2 aromatic heterocycles. The zero-order valence-corrected chi connectivity index (χ0v) is 19.9. The Morgan fingerprint density at radius 2 is 2.00 bits per heavy atom. The van der Waals surface area contributed by atoms with Crippen LogP contribution in [0.4, 0.5) is 5.69 Å². The number of hydrogen-bond donors (Lipinski definition) is 1. The lowest BCUT2D eigenvalue weighted by Gasteiger charge is -2.21. The van der Waals surface area contributed by atoms with Gasteiger partial charge in [-0.25, -0.2) is 0 Å². The van der Waals surface area contributed by atoms with Crippen LogP contribution in [-0.2, 0) is 16.1 Å². The van der Waals surface area contributed by atoms with Gasteiger partial charge in [0, 0.05) is 48.7 Å². The van der Waals surface area contributed by atoms with Crippen molar-refractivity contribution < 1.29 is 9.59 Å². The van der Waals surface area contributed by atoms with Crippen LogP contribution in [0, 0.1) is 5.92 Å². The zero-order chi connectivity index (χ0) is 23.4. The summed E-state index contributed by atoms with van der Waals surface area (Å²) in [4.78, 5) is 27.2. The molecular weight excluding hydrogens is 414 g/mol. The van der Waals surface area contributed by atoms with Crippen LogP contribution in [0.5, 0.6) is 0 Å². The predicted molar refractivity (Wildman–Crippen MR) is 129 cm³/mol. The lowest BCUT2D eigenvalue weighted by Crippen LogP contribution is -2.33. The summed E-state index contributed by atoms with van der Waals surface area (Å²) >= 11 is 0. The molecule has 0 saturated carbocycles. The van der Waals surface area contributed by atoms with Crippen molar-refractivity contribution in [1.82, 2.24) is 19.2 Å². The van der Waals surface area contributed by atoms with E-state index in [1.807, 2.05) is 10.7 Å². The Balaban J connectivity index is 1.77. The summed E-state index contributed by atoms with van der Waals surface area (Å²) < 4.78 is 4.30. The summed E-state index contributed by atoms with van der Waals surface area (Å²) in [7, 11) is 0. The van der Waals surface area contributed by atoms with Gasteiger partial charge in [0.25, 0.3) is 5.91 Å². The summed E-state index contributed by atoms with van der Waals surface area (Å²) in [6.07, 6.45) is 5.08. The molecular formula is C26H31N5O2. The largest absolute Gasteiger partial charge is 0.356 e. The number of imide groups is 1. The van der Waals surface area contributed by atoms with Gasteiger partial charge in [-0.2, -0.15) is 5.10 Å². The Bertz CT molecular complexity index is 1290. The summed E-state index contributed by atoms with van der Waals surface area (Å²) in [5.41, 5.74) is 5.64. The van der Waals surface area contributed by atoms with Crippen LogP contribution in [0.2, 0.25) is 0 Å². The van der Waals surface area contributed by atoms with E-state index in [2.05, 4.69) is 67.1 Å². The zero-order valence-electron chi connectivity index (χ0n) is 19.9. The maximum Gasteiger partial charge on any atom is 0.259 e. The van der Waals surface area contributed by atoms with E-state index >= 15 is 0 Å². The van der Waals surface area contributed by atoms with Gasteiger partial charge >= 0.3 is 0 Å². The van der Waals surface area contributed by atoms with Crippen LogP contribution in [0.25, 0.3) is 10.9 Å². The minimum atomic E-state index is -0.305. The minimum Gasteiger partial charge on any atom is -0.356 e. The van der Waals surface area contributed by atoms with Crippen LogP contribution in [0.3, 0.4) is 0 Å². The maximum absolute atomic E-state index is 13.6. The molecule has 7 heteroatoms. The second kappa shape index (κ2) is 7.90. The van der Waals surface area contributed by atoms with E-state index in [0.717, 1.165) is 46.5 Å². The van der Waals surface area contributed by atoms with Crippen LogP contribution < -0.4 is 5.32 Å². The molecule has 1 aromatic carbocycles.